The number of sulfonamides is 1. The SMILES string of the molecule is Cn1cc(CNS(=O)(=O)c2ccc(Cl)s2)ccc1=O. The minimum atomic E-state index is -3.56. The molecule has 0 atom stereocenters. The predicted molar refractivity (Wildman–Crippen MR) is 75.0 cm³/mol. The standard InChI is InChI=1S/C11H11ClN2O3S2/c1-14-7-8(2-4-10(14)15)6-13-19(16,17)11-5-3-9(12)18-11/h2-5,7,13H,6H2,1H3. The second-order valence-corrected chi connectivity index (χ2v) is 7.58. The third-order valence-electron chi connectivity index (χ3n) is 2.43. The first kappa shape index (κ1) is 14.3. The number of nitrogens with zero attached hydrogens (tertiary/aromatic N) is 1. The molecule has 2 aromatic heterocycles. The largest absolute Gasteiger partial charge is 0.318 e. The fourth-order valence-electron chi connectivity index (χ4n) is 1.45. The first-order valence-corrected chi connectivity index (χ1v) is 7.97. The summed E-state index contributed by atoms with van der Waals surface area (Å²) in [7, 11) is -1.95. The Morgan fingerprint density at radius 2 is 2.05 bits per heavy atom. The second kappa shape index (κ2) is 5.46. The van der Waals surface area contributed by atoms with E-state index in [0.717, 1.165) is 11.3 Å². The highest BCUT2D eigenvalue weighted by molar-refractivity contribution is 7.91. The molecule has 0 bridgehead atoms. The molecule has 0 radical (unpaired) electrons. The third-order valence-corrected chi connectivity index (χ3v) is 5.55. The molecule has 102 valence electrons. The molecule has 0 aliphatic carbocycles. The van der Waals surface area contributed by atoms with Gasteiger partial charge in [-0.2, -0.15) is 0 Å². The molecule has 0 saturated heterocycles. The van der Waals surface area contributed by atoms with E-state index in [1.165, 1.54) is 22.8 Å². The number of thiophene rings is 1. The van der Waals surface area contributed by atoms with Crippen molar-refractivity contribution in [1.29, 1.82) is 0 Å². The van der Waals surface area contributed by atoms with Gasteiger partial charge in [-0.05, 0) is 17.7 Å². The van der Waals surface area contributed by atoms with Crippen LogP contribution in [0.1, 0.15) is 5.56 Å². The molecule has 5 nitrogen and oxygen atoms in total. The molecule has 0 fully saturated rings. The lowest BCUT2D eigenvalue weighted by Gasteiger charge is -2.06. The van der Waals surface area contributed by atoms with E-state index in [9.17, 15) is 13.2 Å². The number of nitrogens with one attached hydrogen (secondary N) is 1. The van der Waals surface area contributed by atoms with Crippen molar-refractivity contribution in [2.75, 3.05) is 0 Å². The number of rotatable bonds is 4. The summed E-state index contributed by atoms with van der Waals surface area (Å²) in [6, 6.07) is 5.97. The molecular formula is C11H11ClN2O3S2. The maximum absolute atomic E-state index is 11.9. The maximum atomic E-state index is 11.9. The van der Waals surface area contributed by atoms with Crippen molar-refractivity contribution in [3.63, 3.8) is 0 Å². The van der Waals surface area contributed by atoms with Crippen molar-refractivity contribution in [3.8, 4) is 0 Å². The van der Waals surface area contributed by atoms with E-state index in [-0.39, 0.29) is 16.3 Å². The smallest absolute Gasteiger partial charge is 0.250 e. The molecule has 2 aromatic rings. The van der Waals surface area contributed by atoms with Crippen LogP contribution in [0.2, 0.25) is 4.34 Å². The van der Waals surface area contributed by atoms with E-state index >= 15 is 0 Å². The summed E-state index contributed by atoms with van der Waals surface area (Å²) in [4.78, 5) is 11.2. The van der Waals surface area contributed by atoms with Gasteiger partial charge in [-0.1, -0.05) is 17.7 Å². The lowest BCUT2D eigenvalue weighted by atomic mass is 10.3. The average Bonchev–Trinajstić information content (AvgIpc) is 2.78. The van der Waals surface area contributed by atoms with E-state index in [0.29, 0.717) is 9.90 Å². The maximum Gasteiger partial charge on any atom is 0.250 e. The molecule has 2 heterocycles. The van der Waals surface area contributed by atoms with Crippen molar-refractivity contribution < 1.29 is 8.42 Å². The van der Waals surface area contributed by atoms with Crippen LogP contribution in [-0.4, -0.2) is 13.0 Å². The molecule has 0 aromatic carbocycles. The van der Waals surface area contributed by atoms with Gasteiger partial charge in [0, 0.05) is 25.9 Å². The summed E-state index contributed by atoms with van der Waals surface area (Å²) >= 11 is 6.71. The summed E-state index contributed by atoms with van der Waals surface area (Å²) in [5.41, 5.74) is 0.560. The van der Waals surface area contributed by atoms with Gasteiger partial charge in [-0.3, -0.25) is 4.79 Å². The zero-order valence-electron chi connectivity index (χ0n) is 9.96. The van der Waals surface area contributed by atoms with Gasteiger partial charge in [0.2, 0.25) is 15.6 Å². The van der Waals surface area contributed by atoms with Gasteiger partial charge in [0.25, 0.3) is 0 Å². The van der Waals surface area contributed by atoms with Gasteiger partial charge >= 0.3 is 0 Å². The fraction of sp³-hybridized carbons (Fsp3) is 0.182. The summed E-state index contributed by atoms with van der Waals surface area (Å²) < 4.78 is 28.3. The molecule has 8 heteroatoms. The average molecular weight is 319 g/mol. The Kier molecular flexibility index (Phi) is 4.10. The van der Waals surface area contributed by atoms with Crippen LogP contribution in [0.15, 0.2) is 39.5 Å². The quantitative estimate of drug-likeness (QED) is 0.930. The molecule has 0 aliphatic rings. The number of aromatic nitrogens is 1. The predicted octanol–water partition coefficient (Wildman–Crippen LogP) is 1.58. The van der Waals surface area contributed by atoms with Crippen LogP contribution < -0.4 is 10.3 Å². The lowest BCUT2D eigenvalue weighted by Crippen LogP contribution is -2.24. The van der Waals surface area contributed by atoms with Crippen LogP contribution >= 0.6 is 22.9 Å². The molecule has 0 unspecified atom stereocenters. The Balaban J connectivity index is 2.14. The Morgan fingerprint density at radius 1 is 1.32 bits per heavy atom. The Labute approximate surface area is 119 Å². The molecule has 0 spiro atoms. The van der Waals surface area contributed by atoms with Gasteiger partial charge in [0.15, 0.2) is 0 Å². The number of aryl methyl sites for hydroxylation is 1. The van der Waals surface area contributed by atoms with E-state index in [2.05, 4.69) is 4.72 Å². The van der Waals surface area contributed by atoms with Gasteiger partial charge in [-0.15, -0.1) is 11.3 Å². The van der Waals surface area contributed by atoms with Crippen LogP contribution in [0, 0.1) is 0 Å². The highest BCUT2D eigenvalue weighted by Gasteiger charge is 2.16. The Morgan fingerprint density at radius 3 is 2.63 bits per heavy atom. The van der Waals surface area contributed by atoms with Crippen molar-refractivity contribution in [1.82, 2.24) is 9.29 Å². The van der Waals surface area contributed by atoms with Gasteiger partial charge in [0.1, 0.15) is 4.21 Å². The fourth-order valence-corrected chi connectivity index (χ4v) is 3.99. The monoisotopic (exact) mass is 318 g/mol. The zero-order valence-corrected chi connectivity index (χ0v) is 12.3. The highest BCUT2D eigenvalue weighted by Crippen LogP contribution is 2.25. The first-order valence-electron chi connectivity index (χ1n) is 5.29. The first-order chi connectivity index (χ1) is 8.88. The van der Waals surface area contributed by atoms with Gasteiger partial charge in [-0.25, -0.2) is 13.1 Å². The van der Waals surface area contributed by atoms with Crippen LogP contribution in [0.4, 0.5) is 0 Å². The van der Waals surface area contributed by atoms with Crippen molar-refractivity contribution in [2.24, 2.45) is 7.05 Å². The van der Waals surface area contributed by atoms with Gasteiger partial charge < -0.3 is 4.57 Å². The number of pyridine rings is 1. The number of halogens is 1. The van der Waals surface area contributed by atoms with E-state index in [1.807, 2.05) is 0 Å². The molecule has 19 heavy (non-hydrogen) atoms. The molecular weight excluding hydrogens is 308 g/mol. The minimum absolute atomic E-state index is 0.117. The Hall–Kier alpha value is -1.15. The van der Waals surface area contributed by atoms with Crippen LogP contribution in [-0.2, 0) is 23.6 Å². The van der Waals surface area contributed by atoms with Crippen molar-refractivity contribution in [3.05, 3.63) is 50.7 Å². The number of hydrogen-bond acceptors (Lipinski definition) is 4. The topological polar surface area (TPSA) is 68.2 Å². The number of hydrogen-bond donors (Lipinski definition) is 1. The van der Waals surface area contributed by atoms with E-state index < -0.39 is 10.0 Å². The van der Waals surface area contributed by atoms with Crippen LogP contribution in [0.3, 0.4) is 0 Å². The Bertz CT molecular complexity index is 749. The highest BCUT2D eigenvalue weighted by atomic mass is 35.5. The normalized spacial score (nSPS) is 11.7. The zero-order chi connectivity index (χ0) is 14.0. The molecule has 0 aliphatic heterocycles. The minimum Gasteiger partial charge on any atom is -0.318 e. The third kappa shape index (κ3) is 3.44. The lowest BCUT2D eigenvalue weighted by molar-refractivity contribution is 0.583. The van der Waals surface area contributed by atoms with Gasteiger partial charge in [0.05, 0.1) is 4.34 Å². The summed E-state index contributed by atoms with van der Waals surface area (Å²) in [6.45, 7) is 0.117. The molecule has 0 saturated carbocycles. The summed E-state index contributed by atoms with van der Waals surface area (Å²) in [6.07, 6.45) is 1.59. The summed E-state index contributed by atoms with van der Waals surface area (Å²) in [5, 5.41) is 0. The summed E-state index contributed by atoms with van der Waals surface area (Å²) in [5.74, 6) is 0. The second-order valence-electron chi connectivity index (χ2n) is 3.87. The van der Waals surface area contributed by atoms with Crippen molar-refractivity contribution >= 4 is 33.0 Å². The van der Waals surface area contributed by atoms with Crippen LogP contribution in [0.5, 0.6) is 0 Å². The van der Waals surface area contributed by atoms with E-state index in [4.69, 9.17) is 11.6 Å². The van der Waals surface area contributed by atoms with E-state index in [1.54, 1.807) is 19.3 Å². The molecule has 2 rings (SSSR count). The molecule has 1 N–H and O–H groups in total. The molecule has 0 amide bonds. The van der Waals surface area contributed by atoms with Crippen LogP contribution in [0.25, 0.3) is 0 Å². The van der Waals surface area contributed by atoms with Crippen molar-refractivity contribution in [2.45, 2.75) is 10.8 Å².